The molecule has 2 aromatic carbocycles. The Bertz CT molecular complexity index is 722. The molecule has 5 heteroatoms. The van der Waals surface area contributed by atoms with E-state index in [2.05, 4.69) is 29.2 Å². The van der Waals surface area contributed by atoms with Gasteiger partial charge in [0.05, 0.1) is 29.7 Å². The minimum absolute atomic E-state index is 0.0121. The Morgan fingerprint density at radius 3 is 1.88 bits per heavy atom. The van der Waals surface area contributed by atoms with Gasteiger partial charge in [-0.25, -0.2) is 8.42 Å². The molecule has 0 spiro atoms. The third-order valence-corrected chi connectivity index (χ3v) is 6.35. The van der Waals surface area contributed by atoms with Crippen molar-refractivity contribution in [1.82, 2.24) is 4.90 Å². The van der Waals surface area contributed by atoms with Crippen LogP contribution in [0, 0.1) is 0 Å². The summed E-state index contributed by atoms with van der Waals surface area (Å²) >= 11 is 0. The second-order valence-corrected chi connectivity index (χ2v) is 8.42. The average molecular weight is 345 g/mol. The summed E-state index contributed by atoms with van der Waals surface area (Å²) in [5.74, 6) is -0.136. The van der Waals surface area contributed by atoms with Crippen LogP contribution >= 0.6 is 0 Å². The molecule has 2 aromatic rings. The van der Waals surface area contributed by atoms with Crippen LogP contribution in [0.25, 0.3) is 0 Å². The quantitative estimate of drug-likeness (QED) is 0.903. The fraction of sp³-hybridized carbons (Fsp3) is 0.368. The number of likely N-dealkylation sites (N-methyl/N-ethyl adjacent to an activating group) is 1. The highest BCUT2D eigenvalue weighted by Gasteiger charge is 2.42. The number of aliphatic hydroxyl groups is 1. The largest absolute Gasteiger partial charge is 0.390 e. The van der Waals surface area contributed by atoms with Gasteiger partial charge in [-0.05, 0) is 17.7 Å². The van der Waals surface area contributed by atoms with Crippen LogP contribution in [0.2, 0.25) is 0 Å². The minimum atomic E-state index is -3.19. The highest BCUT2D eigenvalue weighted by atomic mass is 32.2. The zero-order valence-electron chi connectivity index (χ0n) is 13.7. The number of hydrogen-bond donors (Lipinski definition) is 1. The first-order valence-electron chi connectivity index (χ1n) is 8.26. The van der Waals surface area contributed by atoms with E-state index in [1.54, 1.807) is 0 Å². The van der Waals surface area contributed by atoms with Crippen LogP contribution in [-0.2, 0) is 9.84 Å². The molecule has 3 rings (SSSR count). The molecule has 1 aliphatic rings. The molecule has 1 aliphatic heterocycles. The Balaban J connectivity index is 2.04. The summed E-state index contributed by atoms with van der Waals surface area (Å²) in [5, 5.41) is 10.3. The van der Waals surface area contributed by atoms with Gasteiger partial charge in [0, 0.05) is 0 Å². The van der Waals surface area contributed by atoms with Gasteiger partial charge in [0.1, 0.15) is 0 Å². The van der Waals surface area contributed by atoms with Gasteiger partial charge < -0.3 is 5.11 Å². The zero-order chi connectivity index (χ0) is 17.2. The van der Waals surface area contributed by atoms with E-state index in [9.17, 15) is 13.5 Å². The smallest absolute Gasteiger partial charge is 0.154 e. The van der Waals surface area contributed by atoms with Crippen LogP contribution in [-0.4, -0.2) is 48.6 Å². The lowest BCUT2D eigenvalue weighted by atomic mass is 9.95. The van der Waals surface area contributed by atoms with Crippen LogP contribution in [0.5, 0.6) is 0 Å². The molecule has 1 fully saturated rings. The zero-order valence-corrected chi connectivity index (χ0v) is 14.6. The van der Waals surface area contributed by atoms with E-state index in [0.717, 1.165) is 11.1 Å². The van der Waals surface area contributed by atoms with Crippen molar-refractivity contribution in [3.63, 3.8) is 0 Å². The Labute approximate surface area is 143 Å². The van der Waals surface area contributed by atoms with E-state index < -0.39 is 15.9 Å². The summed E-state index contributed by atoms with van der Waals surface area (Å²) in [6.45, 7) is 2.67. The molecule has 1 heterocycles. The standard InChI is InChI=1S/C19H23NO3S/c1-2-20(17-13-24(22,23)14-18(17)21)19(15-9-5-3-6-10-15)16-11-7-4-8-12-16/h3-12,17-19,21H,2,13-14H2,1H3/t17-,18-/m0/s1. The predicted molar refractivity (Wildman–Crippen MR) is 95.6 cm³/mol. The van der Waals surface area contributed by atoms with Gasteiger partial charge in [-0.2, -0.15) is 0 Å². The number of rotatable bonds is 5. The predicted octanol–water partition coefficient (Wildman–Crippen LogP) is 2.26. The maximum absolute atomic E-state index is 12.0. The Hall–Kier alpha value is -1.69. The topological polar surface area (TPSA) is 57.6 Å². The van der Waals surface area contributed by atoms with Crippen molar-refractivity contribution in [3.8, 4) is 0 Å². The molecule has 2 atom stereocenters. The monoisotopic (exact) mass is 345 g/mol. The van der Waals surface area contributed by atoms with Gasteiger partial charge in [0.25, 0.3) is 0 Å². The molecule has 1 N–H and O–H groups in total. The number of hydrogen-bond acceptors (Lipinski definition) is 4. The summed E-state index contributed by atoms with van der Waals surface area (Å²) in [6.07, 6.45) is -0.843. The summed E-state index contributed by atoms with van der Waals surface area (Å²) < 4.78 is 24.0. The molecule has 0 amide bonds. The van der Waals surface area contributed by atoms with Crippen LogP contribution in [0.15, 0.2) is 60.7 Å². The van der Waals surface area contributed by atoms with Crippen molar-refractivity contribution in [2.45, 2.75) is 25.1 Å². The summed E-state index contributed by atoms with van der Waals surface area (Å²) in [6, 6.07) is 19.6. The molecule has 1 saturated heterocycles. The minimum Gasteiger partial charge on any atom is -0.390 e. The third kappa shape index (κ3) is 3.53. The SMILES string of the molecule is CCN(C(c1ccccc1)c1ccccc1)[C@H]1CS(=O)(=O)C[C@@H]1O. The summed E-state index contributed by atoms with van der Waals surface area (Å²) in [5.41, 5.74) is 2.20. The van der Waals surface area contributed by atoms with Gasteiger partial charge in [-0.15, -0.1) is 0 Å². The van der Waals surface area contributed by atoms with E-state index in [1.807, 2.05) is 43.3 Å². The lowest BCUT2D eigenvalue weighted by Crippen LogP contribution is -2.45. The molecule has 0 radical (unpaired) electrons. The molecule has 24 heavy (non-hydrogen) atoms. The maximum Gasteiger partial charge on any atom is 0.154 e. The molecule has 128 valence electrons. The normalized spacial score (nSPS) is 23.0. The first kappa shape index (κ1) is 17.1. The maximum atomic E-state index is 12.0. The fourth-order valence-corrected chi connectivity index (χ4v) is 5.39. The summed E-state index contributed by atoms with van der Waals surface area (Å²) in [4.78, 5) is 2.11. The summed E-state index contributed by atoms with van der Waals surface area (Å²) in [7, 11) is -3.19. The van der Waals surface area contributed by atoms with E-state index in [4.69, 9.17) is 0 Å². The molecule has 4 nitrogen and oxygen atoms in total. The first-order chi connectivity index (χ1) is 11.5. The number of benzene rings is 2. The first-order valence-corrected chi connectivity index (χ1v) is 10.1. The second kappa shape index (κ2) is 7.05. The fourth-order valence-electron chi connectivity index (χ4n) is 3.58. The van der Waals surface area contributed by atoms with Gasteiger partial charge >= 0.3 is 0 Å². The van der Waals surface area contributed by atoms with E-state index in [1.165, 1.54) is 0 Å². The Morgan fingerprint density at radius 2 is 1.50 bits per heavy atom. The van der Waals surface area contributed by atoms with Crippen LogP contribution in [0.1, 0.15) is 24.1 Å². The van der Waals surface area contributed by atoms with Crippen LogP contribution in [0.4, 0.5) is 0 Å². The van der Waals surface area contributed by atoms with Crippen molar-refractivity contribution < 1.29 is 13.5 Å². The third-order valence-electron chi connectivity index (χ3n) is 4.65. The number of sulfone groups is 1. The van der Waals surface area contributed by atoms with E-state index in [-0.39, 0.29) is 23.6 Å². The van der Waals surface area contributed by atoms with Gasteiger partial charge in [0.15, 0.2) is 9.84 Å². The van der Waals surface area contributed by atoms with Crippen LogP contribution in [0.3, 0.4) is 0 Å². The van der Waals surface area contributed by atoms with Crippen LogP contribution < -0.4 is 0 Å². The lowest BCUT2D eigenvalue weighted by molar-refractivity contribution is 0.0678. The van der Waals surface area contributed by atoms with Gasteiger partial charge in [-0.3, -0.25) is 4.90 Å². The molecule has 0 aromatic heterocycles. The molecular formula is C19H23NO3S. The molecule has 0 unspecified atom stereocenters. The van der Waals surface area contributed by atoms with Crippen molar-refractivity contribution in [3.05, 3.63) is 71.8 Å². The Morgan fingerprint density at radius 1 is 1.00 bits per heavy atom. The van der Waals surface area contributed by atoms with Crippen molar-refractivity contribution >= 4 is 9.84 Å². The van der Waals surface area contributed by atoms with Crippen molar-refractivity contribution in [2.24, 2.45) is 0 Å². The second-order valence-electron chi connectivity index (χ2n) is 6.27. The van der Waals surface area contributed by atoms with Crippen molar-refractivity contribution in [1.29, 1.82) is 0 Å². The highest BCUT2D eigenvalue weighted by molar-refractivity contribution is 7.91. The van der Waals surface area contributed by atoms with E-state index >= 15 is 0 Å². The lowest BCUT2D eigenvalue weighted by Gasteiger charge is -2.37. The highest BCUT2D eigenvalue weighted by Crippen LogP contribution is 2.33. The molecule has 0 aliphatic carbocycles. The van der Waals surface area contributed by atoms with Gasteiger partial charge in [-0.1, -0.05) is 67.6 Å². The molecule has 0 bridgehead atoms. The van der Waals surface area contributed by atoms with E-state index in [0.29, 0.717) is 6.54 Å². The molecule has 0 saturated carbocycles. The Kier molecular flexibility index (Phi) is 5.04. The average Bonchev–Trinajstić information content (AvgIpc) is 2.86. The molecular weight excluding hydrogens is 322 g/mol. The number of nitrogens with zero attached hydrogens (tertiary/aromatic N) is 1. The van der Waals surface area contributed by atoms with Gasteiger partial charge in [0.2, 0.25) is 0 Å². The van der Waals surface area contributed by atoms with Crippen molar-refractivity contribution in [2.75, 3.05) is 18.1 Å². The number of aliphatic hydroxyl groups excluding tert-OH is 1.